The zero-order valence-corrected chi connectivity index (χ0v) is 14.7. The molecule has 0 aliphatic heterocycles. The SMILES string of the molecule is CCCCOC(C)C(NC(=O)NCC(=O)NNC(=O)CNC=O)C(=O)O. The number of hydrogen-bond acceptors (Lipinski definition) is 6. The lowest BCUT2D eigenvalue weighted by atomic mass is 10.2. The van der Waals surface area contributed by atoms with Gasteiger partial charge in [0.25, 0.3) is 11.8 Å². The minimum atomic E-state index is -1.29. The maximum absolute atomic E-state index is 11.7. The Morgan fingerprint density at radius 1 is 1.12 bits per heavy atom. The molecular formula is C14H25N5O7. The zero-order chi connectivity index (χ0) is 19.9. The standard InChI is InChI=1S/C14H25N5O7/c1-3-4-5-26-9(2)12(13(23)24)17-14(25)16-7-11(22)19-18-10(21)6-15-8-20/h8-9,12H,3-7H2,1-2H3,(H,15,20)(H,18,21)(H,19,22)(H,23,24)(H2,16,17,25). The van der Waals surface area contributed by atoms with Gasteiger partial charge in [0.1, 0.15) is 6.54 Å². The summed E-state index contributed by atoms with van der Waals surface area (Å²) < 4.78 is 5.35. The Bertz CT molecular complexity index is 500. The molecule has 148 valence electrons. The fraction of sp³-hybridized carbons (Fsp3) is 0.643. The van der Waals surface area contributed by atoms with E-state index in [0.717, 1.165) is 12.8 Å². The van der Waals surface area contributed by atoms with E-state index in [0.29, 0.717) is 13.0 Å². The first-order chi connectivity index (χ1) is 12.3. The largest absolute Gasteiger partial charge is 0.480 e. The second-order valence-corrected chi connectivity index (χ2v) is 5.17. The minimum absolute atomic E-state index is 0.319. The first-order valence-electron chi connectivity index (χ1n) is 7.95. The van der Waals surface area contributed by atoms with Crippen LogP contribution in [0.1, 0.15) is 26.7 Å². The number of hydrogen-bond donors (Lipinski definition) is 6. The molecule has 12 heteroatoms. The molecule has 0 aromatic rings. The Kier molecular flexibility index (Phi) is 11.9. The van der Waals surface area contributed by atoms with Crippen molar-refractivity contribution in [2.24, 2.45) is 0 Å². The first kappa shape index (κ1) is 23.1. The number of carboxylic acid groups (broad SMARTS) is 1. The van der Waals surface area contributed by atoms with Crippen LogP contribution in [-0.4, -0.2) is 67.2 Å². The van der Waals surface area contributed by atoms with Gasteiger partial charge in [-0.3, -0.25) is 25.2 Å². The lowest BCUT2D eigenvalue weighted by Gasteiger charge is -2.22. The van der Waals surface area contributed by atoms with Crippen LogP contribution in [0.15, 0.2) is 0 Å². The highest BCUT2D eigenvalue weighted by atomic mass is 16.5. The van der Waals surface area contributed by atoms with Gasteiger partial charge in [-0.15, -0.1) is 0 Å². The van der Waals surface area contributed by atoms with E-state index in [1.54, 1.807) is 0 Å². The predicted molar refractivity (Wildman–Crippen MR) is 88.6 cm³/mol. The van der Waals surface area contributed by atoms with Crippen molar-refractivity contribution >= 4 is 30.2 Å². The van der Waals surface area contributed by atoms with Gasteiger partial charge in [0.2, 0.25) is 6.41 Å². The molecule has 0 aliphatic rings. The average Bonchev–Trinajstić information content (AvgIpc) is 2.60. The minimum Gasteiger partial charge on any atom is -0.480 e. The molecule has 0 saturated carbocycles. The summed E-state index contributed by atoms with van der Waals surface area (Å²) in [5.74, 6) is -2.69. The number of urea groups is 1. The summed E-state index contributed by atoms with van der Waals surface area (Å²) in [5, 5.41) is 15.6. The molecule has 2 atom stereocenters. The molecule has 0 aromatic heterocycles. The number of carboxylic acids is 1. The van der Waals surface area contributed by atoms with Crippen LogP contribution < -0.4 is 26.8 Å². The topological polar surface area (TPSA) is 175 Å². The van der Waals surface area contributed by atoms with Crippen LogP contribution in [0.3, 0.4) is 0 Å². The van der Waals surface area contributed by atoms with Gasteiger partial charge in [-0.25, -0.2) is 9.59 Å². The van der Waals surface area contributed by atoms with Crippen LogP contribution >= 0.6 is 0 Å². The molecule has 2 unspecified atom stereocenters. The number of amides is 5. The molecule has 12 nitrogen and oxygen atoms in total. The second-order valence-electron chi connectivity index (χ2n) is 5.17. The molecule has 5 amide bonds. The summed E-state index contributed by atoms with van der Waals surface area (Å²) in [4.78, 5) is 55.5. The van der Waals surface area contributed by atoms with Crippen molar-refractivity contribution in [1.29, 1.82) is 0 Å². The molecule has 0 saturated heterocycles. The average molecular weight is 375 g/mol. The van der Waals surface area contributed by atoms with Gasteiger partial charge in [-0.05, 0) is 13.3 Å². The van der Waals surface area contributed by atoms with Crippen molar-refractivity contribution in [1.82, 2.24) is 26.8 Å². The fourth-order valence-electron chi connectivity index (χ4n) is 1.60. The van der Waals surface area contributed by atoms with E-state index in [2.05, 4.69) is 16.0 Å². The van der Waals surface area contributed by atoms with Crippen LogP contribution in [0.5, 0.6) is 0 Å². The highest BCUT2D eigenvalue weighted by Crippen LogP contribution is 2.01. The van der Waals surface area contributed by atoms with E-state index >= 15 is 0 Å². The van der Waals surface area contributed by atoms with Crippen LogP contribution in [0, 0.1) is 0 Å². The lowest BCUT2D eigenvalue weighted by Crippen LogP contribution is -2.54. The summed E-state index contributed by atoms with van der Waals surface area (Å²) in [7, 11) is 0. The first-order valence-corrected chi connectivity index (χ1v) is 7.95. The summed E-state index contributed by atoms with van der Waals surface area (Å²) in [5.41, 5.74) is 4.00. The van der Waals surface area contributed by atoms with Crippen molar-refractivity contribution in [3.63, 3.8) is 0 Å². The number of aliphatic carboxylic acids is 1. The van der Waals surface area contributed by atoms with Crippen molar-refractivity contribution in [3.05, 3.63) is 0 Å². The quantitative estimate of drug-likeness (QED) is 0.128. The Hall–Kier alpha value is -2.89. The van der Waals surface area contributed by atoms with Crippen LogP contribution in [0.2, 0.25) is 0 Å². The Morgan fingerprint density at radius 2 is 1.73 bits per heavy atom. The smallest absolute Gasteiger partial charge is 0.328 e. The van der Waals surface area contributed by atoms with E-state index in [-0.39, 0.29) is 6.54 Å². The Morgan fingerprint density at radius 3 is 2.27 bits per heavy atom. The van der Waals surface area contributed by atoms with E-state index in [9.17, 15) is 24.0 Å². The predicted octanol–water partition coefficient (Wildman–Crippen LogP) is -2.16. The number of carbonyl (C=O) groups excluding carboxylic acids is 4. The van der Waals surface area contributed by atoms with Gasteiger partial charge >= 0.3 is 12.0 Å². The molecule has 0 aliphatic carbocycles. The zero-order valence-electron chi connectivity index (χ0n) is 14.7. The molecule has 0 radical (unpaired) electrons. The molecule has 26 heavy (non-hydrogen) atoms. The summed E-state index contributed by atoms with van der Waals surface area (Å²) in [6.45, 7) is 3.01. The van der Waals surface area contributed by atoms with Gasteiger partial charge < -0.3 is 25.8 Å². The number of rotatable bonds is 12. The molecule has 0 fully saturated rings. The maximum atomic E-state index is 11.7. The number of ether oxygens (including phenoxy) is 1. The van der Waals surface area contributed by atoms with Gasteiger partial charge in [0.05, 0.1) is 12.6 Å². The summed E-state index contributed by atoms with van der Waals surface area (Å²) in [6.07, 6.45) is 1.20. The third-order valence-corrected chi connectivity index (χ3v) is 3.00. The highest BCUT2D eigenvalue weighted by molar-refractivity contribution is 5.88. The van der Waals surface area contributed by atoms with Crippen molar-refractivity contribution in [2.45, 2.75) is 38.8 Å². The number of nitrogens with one attached hydrogen (secondary N) is 5. The number of unbranched alkanes of at least 4 members (excludes halogenated alkanes) is 1. The number of hydrazine groups is 1. The van der Waals surface area contributed by atoms with Gasteiger partial charge in [-0.2, -0.15) is 0 Å². The van der Waals surface area contributed by atoms with Gasteiger partial charge in [0.15, 0.2) is 6.04 Å². The Labute approximate surface area is 150 Å². The molecule has 0 heterocycles. The monoisotopic (exact) mass is 375 g/mol. The van der Waals surface area contributed by atoms with Crippen molar-refractivity contribution in [2.75, 3.05) is 19.7 Å². The number of carbonyl (C=O) groups is 5. The van der Waals surface area contributed by atoms with E-state index in [1.165, 1.54) is 6.92 Å². The normalized spacial score (nSPS) is 12.2. The third kappa shape index (κ3) is 10.8. The van der Waals surface area contributed by atoms with Crippen LogP contribution in [0.4, 0.5) is 4.79 Å². The summed E-state index contributed by atoms with van der Waals surface area (Å²) >= 11 is 0. The Balaban J connectivity index is 4.22. The summed E-state index contributed by atoms with van der Waals surface area (Å²) in [6, 6.07) is -2.17. The molecule has 0 spiro atoms. The molecule has 0 bridgehead atoms. The molecule has 0 rings (SSSR count). The molecule has 0 aromatic carbocycles. The van der Waals surface area contributed by atoms with Gasteiger partial charge in [0, 0.05) is 6.61 Å². The second kappa shape index (κ2) is 13.4. The molecule has 6 N–H and O–H groups in total. The van der Waals surface area contributed by atoms with Crippen molar-refractivity contribution < 1.29 is 33.8 Å². The van der Waals surface area contributed by atoms with E-state index < -0.39 is 42.5 Å². The van der Waals surface area contributed by atoms with Crippen LogP contribution in [0.25, 0.3) is 0 Å². The molecular weight excluding hydrogens is 350 g/mol. The van der Waals surface area contributed by atoms with Gasteiger partial charge in [-0.1, -0.05) is 13.3 Å². The van der Waals surface area contributed by atoms with Crippen LogP contribution in [-0.2, 0) is 23.9 Å². The lowest BCUT2D eigenvalue weighted by molar-refractivity contribution is -0.143. The maximum Gasteiger partial charge on any atom is 0.328 e. The third-order valence-electron chi connectivity index (χ3n) is 3.00. The van der Waals surface area contributed by atoms with Crippen molar-refractivity contribution in [3.8, 4) is 0 Å². The van der Waals surface area contributed by atoms with E-state index in [1.807, 2.05) is 17.8 Å². The fourth-order valence-corrected chi connectivity index (χ4v) is 1.60. The van der Waals surface area contributed by atoms with E-state index in [4.69, 9.17) is 9.84 Å². The highest BCUT2D eigenvalue weighted by Gasteiger charge is 2.27.